The summed E-state index contributed by atoms with van der Waals surface area (Å²) in [5, 5.41) is 0. The van der Waals surface area contributed by atoms with Gasteiger partial charge in [0.2, 0.25) is 5.78 Å². The molecule has 0 amide bonds. The summed E-state index contributed by atoms with van der Waals surface area (Å²) in [4.78, 5) is 10.7. The van der Waals surface area contributed by atoms with Gasteiger partial charge in [-0.25, -0.2) is 0 Å². The quantitative estimate of drug-likeness (QED) is 0.466. The molecule has 78 valence electrons. The van der Waals surface area contributed by atoms with Crippen LogP contribution in [0, 0.1) is 0 Å². The zero-order chi connectivity index (χ0) is 10.3. The fourth-order valence-corrected chi connectivity index (χ4v) is 1.36. The van der Waals surface area contributed by atoms with Crippen LogP contribution in [0.5, 0.6) is 0 Å². The molecule has 0 N–H and O–H groups in total. The van der Waals surface area contributed by atoms with E-state index in [1.165, 1.54) is 0 Å². The summed E-state index contributed by atoms with van der Waals surface area (Å²) in [5.74, 6) is -4.07. The molecule has 0 rings (SSSR count). The van der Waals surface area contributed by atoms with Crippen LogP contribution >= 0.6 is 9.24 Å². The summed E-state index contributed by atoms with van der Waals surface area (Å²) < 4.78 is 25.8. The Morgan fingerprint density at radius 1 is 1.31 bits per heavy atom. The number of carbonyl (C=O) groups is 1. The summed E-state index contributed by atoms with van der Waals surface area (Å²) in [7, 11) is 2.04. The van der Waals surface area contributed by atoms with Crippen molar-refractivity contribution < 1.29 is 13.6 Å². The molecule has 13 heavy (non-hydrogen) atoms. The Morgan fingerprint density at radius 2 is 1.92 bits per heavy atom. The summed E-state index contributed by atoms with van der Waals surface area (Å²) in [6.07, 6.45) is 2.77. The average molecular weight is 210 g/mol. The number of hydrogen-bond donors (Lipinski definition) is 0. The third-order valence-electron chi connectivity index (χ3n) is 1.94. The van der Waals surface area contributed by atoms with E-state index >= 15 is 0 Å². The Hall–Kier alpha value is -0.0400. The zero-order valence-electron chi connectivity index (χ0n) is 7.98. The maximum Gasteiger partial charge on any atom is 0.305 e. The molecular weight excluding hydrogens is 193 g/mol. The summed E-state index contributed by atoms with van der Waals surface area (Å²) in [6.45, 7) is 2.02. The topological polar surface area (TPSA) is 17.1 Å². The first-order chi connectivity index (χ1) is 6.04. The highest BCUT2D eigenvalue weighted by Crippen LogP contribution is 2.23. The van der Waals surface area contributed by atoms with Crippen LogP contribution in [0.1, 0.15) is 39.0 Å². The fourth-order valence-electron chi connectivity index (χ4n) is 1.06. The Balaban J connectivity index is 3.69. The number of alkyl halides is 2. The fraction of sp³-hybridized carbons (Fsp3) is 0.889. The molecule has 1 atom stereocenters. The van der Waals surface area contributed by atoms with E-state index in [-0.39, 0.29) is 12.6 Å². The molecule has 0 aromatic rings. The number of unbranched alkanes of at least 4 members (excludes halogenated alkanes) is 3. The molecule has 0 saturated heterocycles. The largest absolute Gasteiger partial charge is 0.305 e. The molecule has 1 unspecified atom stereocenters. The van der Waals surface area contributed by atoms with Crippen LogP contribution in [0.2, 0.25) is 0 Å². The zero-order valence-corrected chi connectivity index (χ0v) is 9.14. The Morgan fingerprint density at radius 3 is 2.38 bits per heavy atom. The molecule has 0 radical (unpaired) electrons. The number of carbonyl (C=O) groups excluding carboxylic acids is 1. The SMILES string of the molecule is CCCCCCC(F)(F)C(=O)CP. The van der Waals surface area contributed by atoms with Gasteiger partial charge in [0, 0.05) is 12.6 Å². The van der Waals surface area contributed by atoms with Crippen molar-refractivity contribution in [1.29, 1.82) is 0 Å². The molecule has 0 aliphatic rings. The molecule has 0 saturated carbocycles. The number of rotatable bonds is 7. The normalized spacial score (nSPS) is 11.7. The molecule has 4 heteroatoms. The van der Waals surface area contributed by atoms with E-state index in [0.29, 0.717) is 6.42 Å². The van der Waals surface area contributed by atoms with Gasteiger partial charge in [0.25, 0.3) is 0 Å². The van der Waals surface area contributed by atoms with Gasteiger partial charge in [0.15, 0.2) is 0 Å². The third-order valence-corrected chi connectivity index (χ3v) is 2.31. The lowest BCUT2D eigenvalue weighted by atomic mass is 10.1. The van der Waals surface area contributed by atoms with Crippen LogP contribution in [0.4, 0.5) is 8.78 Å². The van der Waals surface area contributed by atoms with Gasteiger partial charge in [0.1, 0.15) is 0 Å². The third kappa shape index (κ3) is 5.30. The van der Waals surface area contributed by atoms with Crippen molar-refractivity contribution in [1.82, 2.24) is 0 Å². The molecule has 0 fully saturated rings. The Labute approximate surface area is 80.5 Å². The van der Waals surface area contributed by atoms with Crippen molar-refractivity contribution in [2.75, 3.05) is 6.16 Å². The van der Waals surface area contributed by atoms with Crippen molar-refractivity contribution in [3.63, 3.8) is 0 Å². The second-order valence-electron chi connectivity index (χ2n) is 3.14. The van der Waals surface area contributed by atoms with Crippen LogP contribution in [0.25, 0.3) is 0 Å². The predicted octanol–water partition coefficient (Wildman–Crippen LogP) is 3.04. The molecule has 0 bridgehead atoms. The van der Waals surface area contributed by atoms with Gasteiger partial charge in [0.05, 0.1) is 0 Å². The van der Waals surface area contributed by atoms with E-state index in [0.717, 1.165) is 19.3 Å². The van der Waals surface area contributed by atoms with Crippen molar-refractivity contribution in [2.45, 2.75) is 45.0 Å². The molecule has 0 heterocycles. The highest BCUT2D eigenvalue weighted by molar-refractivity contribution is 7.18. The number of Topliss-reactive ketones (excluding diaryl/α,β-unsaturated/α-hetero) is 1. The summed E-state index contributed by atoms with van der Waals surface area (Å²) in [6, 6.07) is 0. The Bertz CT molecular complexity index is 160. The highest BCUT2D eigenvalue weighted by Gasteiger charge is 2.35. The first-order valence-corrected chi connectivity index (χ1v) is 5.47. The molecule has 0 aromatic carbocycles. The van der Waals surface area contributed by atoms with Crippen LogP contribution < -0.4 is 0 Å². The van der Waals surface area contributed by atoms with Crippen molar-refractivity contribution in [3.8, 4) is 0 Å². The second kappa shape index (κ2) is 6.42. The standard InChI is InChI=1S/C9H17F2OP/c1-2-3-4-5-6-9(10,11)8(12)7-13/h2-7,13H2,1H3. The monoisotopic (exact) mass is 210 g/mol. The molecule has 0 aromatic heterocycles. The molecule has 0 spiro atoms. The van der Waals surface area contributed by atoms with Gasteiger partial charge >= 0.3 is 5.92 Å². The van der Waals surface area contributed by atoms with Crippen LogP contribution in [-0.2, 0) is 4.79 Å². The predicted molar refractivity (Wildman–Crippen MR) is 53.3 cm³/mol. The first-order valence-electron chi connectivity index (χ1n) is 4.65. The van der Waals surface area contributed by atoms with Gasteiger partial charge in [-0.05, 0) is 6.42 Å². The summed E-state index contributed by atoms with van der Waals surface area (Å²) in [5.41, 5.74) is 0. The maximum atomic E-state index is 12.9. The Kier molecular flexibility index (Phi) is 6.40. The molecular formula is C9H17F2OP. The minimum absolute atomic E-state index is 0.152. The van der Waals surface area contributed by atoms with Gasteiger partial charge in [-0.15, -0.1) is 9.24 Å². The van der Waals surface area contributed by atoms with Gasteiger partial charge < -0.3 is 0 Å². The number of halogens is 2. The van der Waals surface area contributed by atoms with E-state index in [1.54, 1.807) is 0 Å². The second-order valence-corrected chi connectivity index (χ2v) is 3.55. The van der Waals surface area contributed by atoms with E-state index in [4.69, 9.17) is 0 Å². The number of ketones is 1. The average Bonchev–Trinajstić information content (AvgIpc) is 2.11. The van der Waals surface area contributed by atoms with E-state index in [9.17, 15) is 13.6 Å². The molecule has 0 aliphatic heterocycles. The van der Waals surface area contributed by atoms with Gasteiger partial charge in [-0.2, -0.15) is 8.78 Å². The minimum atomic E-state index is -3.10. The lowest BCUT2D eigenvalue weighted by Crippen LogP contribution is -2.29. The van der Waals surface area contributed by atoms with Crippen LogP contribution in [0.3, 0.4) is 0 Å². The van der Waals surface area contributed by atoms with Gasteiger partial charge in [-0.1, -0.05) is 26.2 Å². The van der Waals surface area contributed by atoms with Crippen LogP contribution in [-0.4, -0.2) is 17.9 Å². The van der Waals surface area contributed by atoms with Gasteiger partial charge in [-0.3, -0.25) is 4.79 Å². The summed E-state index contributed by atoms with van der Waals surface area (Å²) >= 11 is 0. The molecule has 1 nitrogen and oxygen atoms in total. The minimum Gasteiger partial charge on any atom is -0.293 e. The lowest BCUT2D eigenvalue weighted by molar-refractivity contribution is -0.141. The van der Waals surface area contributed by atoms with E-state index in [1.807, 2.05) is 16.2 Å². The van der Waals surface area contributed by atoms with Crippen LogP contribution in [0.15, 0.2) is 0 Å². The molecule has 0 aliphatic carbocycles. The number of hydrogen-bond acceptors (Lipinski definition) is 1. The van der Waals surface area contributed by atoms with Crippen molar-refractivity contribution in [2.24, 2.45) is 0 Å². The van der Waals surface area contributed by atoms with Crippen molar-refractivity contribution >= 4 is 15.0 Å². The highest BCUT2D eigenvalue weighted by atomic mass is 31.0. The lowest BCUT2D eigenvalue weighted by Gasteiger charge is -2.13. The van der Waals surface area contributed by atoms with E-state index in [2.05, 4.69) is 0 Å². The maximum absolute atomic E-state index is 12.9. The van der Waals surface area contributed by atoms with Crippen molar-refractivity contribution in [3.05, 3.63) is 0 Å². The van der Waals surface area contributed by atoms with E-state index < -0.39 is 11.7 Å². The first kappa shape index (κ1) is 13.0. The smallest absolute Gasteiger partial charge is 0.293 e.